The molecule has 94 valence electrons. The van der Waals surface area contributed by atoms with E-state index >= 15 is 0 Å². The van der Waals surface area contributed by atoms with Gasteiger partial charge in [-0.25, -0.2) is 8.78 Å². The molecule has 0 unspecified atom stereocenters. The Hall–Kier alpha value is -1.46. The molecule has 0 bridgehead atoms. The molecule has 1 aromatic heterocycles. The molecule has 0 spiro atoms. The lowest BCUT2D eigenvalue weighted by Gasteiger charge is -2.04. The van der Waals surface area contributed by atoms with Crippen LogP contribution in [-0.2, 0) is 0 Å². The molecular formula is C12H7ClF2O2S. The first-order valence-corrected chi connectivity index (χ1v) is 6.12. The monoisotopic (exact) mass is 288 g/mol. The second kappa shape index (κ2) is 5.46. The van der Waals surface area contributed by atoms with E-state index in [9.17, 15) is 13.6 Å². The van der Waals surface area contributed by atoms with Crippen LogP contribution in [0.15, 0.2) is 30.3 Å². The van der Waals surface area contributed by atoms with Gasteiger partial charge in [0, 0.05) is 6.07 Å². The van der Waals surface area contributed by atoms with E-state index in [2.05, 4.69) is 0 Å². The number of rotatable bonds is 4. The number of benzene rings is 1. The summed E-state index contributed by atoms with van der Waals surface area (Å²) in [6.45, 7) is -0.248. The molecule has 1 aromatic carbocycles. The summed E-state index contributed by atoms with van der Waals surface area (Å²) in [5.41, 5.74) is 0. The fourth-order valence-electron chi connectivity index (χ4n) is 1.25. The zero-order valence-electron chi connectivity index (χ0n) is 8.95. The van der Waals surface area contributed by atoms with Crippen LogP contribution in [0.5, 0.6) is 5.75 Å². The molecule has 0 N–H and O–H groups in total. The van der Waals surface area contributed by atoms with Crippen LogP contribution >= 0.6 is 22.9 Å². The highest BCUT2D eigenvalue weighted by molar-refractivity contribution is 7.18. The lowest BCUT2D eigenvalue weighted by molar-refractivity contribution is 0.0925. The minimum Gasteiger partial charge on any atom is -0.485 e. The third kappa shape index (κ3) is 3.05. The van der Waals surface area contributed by atoms with E-state index in [1.165, 1.54) is 6.07 Å². The van der Waals surface area contributed by atoms with Crippen LogP contribution in [0.3, 0.4) is 0 Å². The van der Waals surface area contributed by atoms with Crippen molar-refractivity contribution in [3.63, 3.8) is 0 Å². The molecule has 0 aliphatic carbocycles. The Morgan fingerprint density at radius 3 is 2.61 bits per heavy atom. The van der Waals surface area contributed by atoms with Gasteiger partial charge < -0.3 is 4.74 Å². The van der Waals surface area contributed by atoms with Gasteiger partial charge in [-0.05, 0) is 24.3 Å². The Kier molecular flexibility index (Phi) is 3.93. The maximum Gasteiger partial charge on any atom is 0.210 e. The fourth-order valence-corrected chi connectivity index (χ4v) is 2.22. The predicted octanol–water partition coefficient (Wildman–Crippen LogP) is 3.94. The highest BCUT2D eigenvalue weighted by Gasteiger charge is 2.10. The standard InChI is InChI=1S/C12H7ClF2O2S/c13-12-4-3-11(18-12)10(16)6-17-7-1-2-8(14)9(15)5-7/h1-5H,6H2. The first kappa shape index (κ1) is 13.0. The number of ketones is 1. The van der Waals surface area contributed by atoms with Gasteiger partial charge >= 0.3 is 0 Å². The van der Waals surface area contributed by atoms with Gasteiger partial charge in [0.05, 0.1) is 9.21 Å². The second-order valence-corrected chi connectivity index (χ2v) is 5.11. The molecule has 0 fully saturated rings. The summed E-state index contributed by atoms with van der Waals surface area (Å²) in [5.74, 6) is -2.14. The number of carbonyl (C=O) groups is 1. The molecule has 0 saturated carbocycles. The highest BCUT2D eigenvalue weighted by atomic mass is 35.5. The molecule has 0 atom stereocenters. The summed E-state index contributed by atoms with van der Waals surface area (Å²) in [6, 6.07) is 6.29. The lowest BCUT2D eigenvalue weighted by Crippen LogP contribution is -2.10. The summed E-state index contributed by atoms with van der Waals surface area (Å²) in [5, 5.41) is 0. The Bertz CT molecular complexity index is 583. The summed E-state index contributed by atoms with van der Waals surface area (Å²) >= 11 is 6.83. The van der Waals surface area contributed by atoms with E-state index in [0.717, 1.165) is 23.5 Å². The van der Waals surface area contributed by atoms with E-state index in [4.69, 9.17) is 16.3 Å². The maximum absolute atomic E-state index is 12.9. The fraction of sp³-hybridized carbons (Fsp3) is 0.0833. The van der Waals surface area contributed by atoms with Crippen LogP contribution in [0, 0.1) is 11.6 Å². The molecule has 1 heterocycles. The van der Waals surface area contributed by atoms with E-state index in [0.29, 0.717) is 9.21 Å². The van der Waals surface area contributed by atoms with Crippen LogP contribution in [-0.4, -0.2) is 12.4 Å². The number of ether oxygens (including phenoxy) is 1. The van der Waals surface area contributed by atoms with Gasteiger partial charge in [0.15, 0.2) is 18.2 Å². The average Bonchev–Trinajstić information content (AvgIpc) is 2.77. The molecule has 0 saturated heterocycles. The van der Waals surface area contributed by atoms with Gasteiger partial charge in [-0.3, -0.25) is 4.79 Å². The van der Waals surface area contributed by atoms with E-state index in [-0.39, 0.29) is 18.1 Å². The van der Waals surface area contributed by atoms with Gasteiger partial charge in [0.2, 0.25) is 5.78 Å². The average molecular weight is 289 g/mol. The van der Waals surface area contributed by atoms with Crippen LogP contribution in [0.1, 0.15) is 9.67 Å². The van der Waals surface area contributed by atoms with Crippen molar-refractivity contribution in [2.75, 3.05) is 6.61 Å². The Morgan fingerprint density at radius 2 is 2.00 bits per heavy atom. The lowest BCUT2D eigenvalue weighted by atomic mass is 10.3. The number of hydrogen-bond donors (Lipinski definition) is 0. The van der Waals surface area contributed by atoms with Crippen molar-refractivity contribution in [3.05, 3.63) is 51.2 Å². The SMILES string of the molecule is O=C(COc1ccc(F)c(F)c1)c1ccc(Cl)s1. The topological polar surface area (TPSA) is 26.3 Å². The van der Waals surface area contributed by atoms with Crippen LogP contribution in [0.4, 0.5) is 8.78 Å². The van der Waals surface area contributed by atoms with Crippen molar-refractivity contribution < 1.29 is 18.3 Å². The van der Waals surface area contributed by atoms with Crippen LogP contribution in [0.25, 0.3) is 0 Å². The molecule has 0 radical (unpaired) electrons. The van der Waals surface area contributed by atoms with Gasteiger partial charge in [-0.15, -0.1) is 11.3 Å². The number of thiophene rings is 1. The smallest absolute Gasteiger partial charge is 0.210 e. The number of carbonyl (C=O) groups excluding carboxylic acids is 1. The highest BCUT2D eigenvalue weighted by Crippen LogP contribution is 2.22. The molecule has 2 nitrogen and oxygen atoms in total. The predicted molar refractivity (Wildman–Crippen MR) is 65.5 cm³/mol. The van der Waals surface area contributed by atoms with Crippen molar-refractivity contribution in [1.82, 2.24) is 0 Å². The summed E-state index contributed by atoms with van der Waals surface area (Å²) in [4.78, 5) is 12.1. The first-order chi connectivity index (χ1) is 8.56. The summed E-state index contributed by atoms with van der Waals surface area (Å²) in [6.07, 6.45) is 0. The molecule has 0 aliphatic heterocycles. The number of Topliss-reactive ketones (excluding diaryl/α,β-unsaturated/α-hetero) is 1. The summed E-state index contributed by atoms with van der Waals surface area (Å²) in [7, 11) is 0. The molecule has 6 heteroatoms. The first-order valence-electron chi connectivity index (χ1n) is 4.92. The minimum atomic E-state index is -1.01. The zero-order valence-corrected chi connectivity index (χ0v) is 10.5. The maximum atomic E-state index is 12.9. The van der Waals surface area contributed by atoms with Gasteiger partial charge in [-0.1, -0.05) is 11.6 Å². The van der Waals surface area contributed by atoms with Crippen molar-refractivity contribution in [2.45, 2.75) is 0 Å². The number of hydrogen-bond acceptors (Lipinski definition) is 3. The quantitative estimate of drug-likeness (QED) is 0.797. The van der Waals surface area contributed by atoms with Crippen molar-refractivity contribution in [2.24, 2.45) is 0 Å². The minimum absolute atomic E-state index is 0.102. The zero-order chi connectivity index (χ0) is 13.1. The third-order valence-electron chi connectivity index (χ3n) is 2.11. The van der Waals surface area contributed by atoms with E-state index < -0.39 is 11.6 Å². The van der Waals surface area contributed by atoms with Crippen LogP contribution < -0.4 is 4.74 Å². The molecule has 2 rings (SSSR count). The van der Waals surface area contributed by atoms with Gasteiger partial charge in [0.25, 0.3) is 0 Å². The molecule has 18 heavy (non-hydrogen) atoms. The third-order valence-corrected chi connectivity index (χ3v) is 3.38. The number of halogens is 3. The van der Waals surface area contributed by atoms with E-state index in [1.54, 1.807) is 12.1 Å². The second-order valence-electron chi connectivity index (χ2n) is 3.39. The Balaban J connectivity index is 1.99. The van der Waals surface area contributed by atoms with E-state index in [1.807, 2.05) is 0 Å². The Labute approximate surface area is 111 Å². The molecule has 0 amide bonds. The van der Waals surface area contributed by atoms with Gasteiger partial charge in [0.1, 0.15) is 5.75 Å². The van der Waals surface area contributed by atoms with Crippen molar-refractivity contribution in [3.8, 4) is 5.75 Å². The largest absolute Gasteiger partial charge is 0.485 e. The van der Waals surface area contributed by atoms with Gasteiger partial charge in [-0.2, -0.15) is 0 Å². The van der Waals surface area contributed by atoms with Crippen molar-refractivity contribution >= 4 is 28.7 Å². The normalized spacial score (nSPS) is 10.4. The summed E-state index contributed by atoms with van der Waals surface area (Å²) < 4.78 is 31.1. The van der Waals surface area contributed by atoms with Crippen LogP contribution in [0.2, 0.25) is 4.34 Å². The van der Waals surface area contributed by atoms with Crippen molar-refractivity contribution in [1.29, 1.82) is 0 Å². The molecule has 0 aliphatic rings. The molecular weight excluding hydrogens is 282 g/mol. The Morgan fingerprint density at radius 1 is 1.22 bits per heavy atom. The molecule has 2 aromatic rings.